The van der Waals surface area contributed by atoms with Crippen molar-refractivity contribution in [3.8, 4) is 33.6 Å². The number of imidazole rings is 2. The smallest absolute Gasteiger partial charge is 0.407 e. The highest BCUT2D eigenvalue weighted by Crippen LogP contribution is 2.44. The van der Waals surface area contributed by atoms with Crippen molar-refractivity contribution in [1.82, 2.24) is 40.4 Å². The third-order valence-corrected chi connectivity index (χ3v) is 13.8. The number of rotatable bonds is 13. The van der Waals surface area contributed by atoms with E-state index in [1.807, 2.05) is 49.9 Å². The molecule has 8 rings (SSSR count). The van der Waals surface area contributed by atoms with Crippen LogP contribution < -0.4 is 10.6 Å². The molecule has 4 heterocycles. The summed E-state index contributed by atoms with van der Waals surface area (Å²) >= 11 is 0. The molecule has 63 heavy (non-hydrogen) atoms. The number of benzene rings is 2. The SMILES string of the molecule is COCC(=O)NC(C(=O)N1CCCC1c1ncc(-c2ccc(-c3ccc(-c4cnc(C5CCCN5C(=O)C(NC(=O)OC)C(C)C)[nH]4)c4c3CCCC4)c3c2CCCC3)[nH]1)C(C)C. The molecule has 14 heteroatoms. The molecule has 0 bridgehead atoms. The summed E-state index contributed by atoms with van der Waals surface area (Å²) < 4.78 is 9.84. The molecule has 4 atom stereocenters. The van der Waals surface area contributed by atoms with Crippen molar-refractivity contribution in [2.75, 3.05) is 33.9 Å². The lowest BCUT2D eigenvalue weighted by Crippen LogP contribution is -2.51. The number of amides is 4. The second-order valence-electron chi connectivity index (χ2n) is 18.5. The second kappa shape index (κ2) is 19.1. The van der Waals surface area contributed by atoms with E-state index in [0.717, 1.165) is 100 Å². The summed E-state index contributed by atoms with van der Waals surface area (Å²) in [5.41, 5.74) is 12.5. The Balaban J connectivity index is 1.06. The van der Waals surface area contributed by atoms with Crippen LogP contribution in [0.5, 0.6) is 0 Å². The Labute approximate surface area is 370 Å². The van der Waals surface area contributed by atoms with Crippen molar-refractivity contribution in [3.63, 3.8) is 0 Å². The average molecular weight is 861 g/mol. The quantitative estimate of drug-likeness (QED) is 0.108. The maximum absolute atomic E-state index is 13.9. The zero-order chi connectivity index (χ0) is 44.4. The predicted octanol–water partition coefficient (Wildman–Crippen LogP) is 7.39. The average Bonchev–Trinajstić information content (AvgIpc) is 4.14. The number of carbonyl (C=O) groups excluding carboxylic acids is 4. The molecule has 2 saturated heterocycles. The lowest BCUT2D eigenvalue weighted by atomic mass is 9.78. The number of aromatic amines is 2. The van der Waals surface area contributed by atoms with Crippen LogP contribution in [0.2, 0.25) is 0 Å². The first kappa shape index (κ1) is 44.1. The molecule has 0 radical (unpaired) electrons. The Morgan fingerprint density at radius 1 is 0.635 bits per heavy atom. The Hall–Kier alpha value is -5.50. The summed E-state index contributed by atoms with van der Waals surface area (Å²) in [7, 11) is 2.78. The normalized spacial score (nSPS) is 19.5. The number of likely N-dealkylation sites (tertiary alicyclic amines) is 2. The molecule has 2 aliphatic heterocycles. The number of carbonyl (C=O) groups is 4. The maximum Gasteiger partial charge on any atom is 0.407 e. The van der Waals surface area contributed by atoms with Gasteiger partial charge in [-0.1, -0.05) is 52.0 Å². The molecule has 4 N–H and O–H groups in total. The van der Waals surface area contributed by atoms with Crippen molar-refractivity contribution in [1.29, 1.82) is 0 Å². The molecule has 14 nitrogen and oxygen atoms in total. The number of fused-ring (bicyclic) bond motifs is 2. The minimum absolute atomic E-state index is 0.0774. The van der Waals surface area contributed by atoms with Gasteiger partial charge in [-0.05, 0) is 122 Å². The van der Waals surface area contributed by atoms with Crippen LogP contribution in [-0.4, -0.2) is 99.6 Å². The van der Waals surface area contributed by atoms with Crippen LogP contribution in [0.3, 0.4) is 0 Å². The van der Waals surface area contributed by atoms with Gasteiger partial charge in [-0.2, -0.15) is 0 Å². The Kier molecular flexibility index (Phi) is 13.4. The fourth-order valence-corrected chi connectivity index (χ4v) is 10.6. The molecule has 0 saturated carbocycles. The molecule has 2 fully saturated rings. The Morgan fingerprint density at radius 2 is 1.05 bits per heavy atom. The number of aromatic nitrogens is 4. The van der Waals surface area contributed by atoms with Gasteiger partial charge in [0, 0.05) is 31.3 Å². The summed E-state index contributed by atoms with van der Waals surface area (Å²) in [5.74, 6) is 0.875. The summed E-state index contributed by atoms with van der Waals surface area (Å²) in [5, 5.41) is 5.64. The van der Waals surface area contributed by atoms with E-state index in [0.29, 0.717) is 13.1 Å². The van der Waals surface area contributed by atoms with Crippen molar-refractivity contribution in [3.05, 3.63) is 70.6 Å². The van der Waals surface area contributed by atoms with Gasteiger partial charge in [-0.3, -0.25) is 14.4 Å². The zero-order valence-corrected chi connectivity index (χ0v) is 37.8. The van der Waals surface area contributed by atoms with E-state index in [-0.39, 0.29) is 48.2 Å². The van der Waals surface area contributed by atoms with Crippen molar-refractivity contribution in [2.45, 2.75) is 129 Å². The first-order valence-corrected chi connectivity index (χ1v) is 23.1. The highest BCUT2D eigenvalue weighted by molar-refractivity contribution is 5.89. The number of nitrogens with zero attached hydrogens (tertiary/aromatic N) is 4. The molecular formula is C49H64N8O6. The van der Waals surface area contributed by atoms with Crippen LogP contribution in [0.4, 0.5) is 4.79 Å². The largest absolute Gasteiger partial charge is 0.453 e. The Morgan fingerprint density at radius 3 is 1.46 bits per heavy atom. The lowest BCUT2D eigenvalue weighted by molar-refractivity contribution is -0.139. The highest BCUT2D eigenvalue weighted by atomic mass is 16.5. The molecule has 2 aromatic carbocycles. The fourth-order valence-electron chi connectivity index (χ4n) is 10.6. The number of nitrogens with one attached hydrogen (secondary N) is 4. The van der Waals surface area contributed by atoms with E-state index in [2.05, 4.69) is 44.9 Å². The molecule has 0 spiro atoms. The van der Waals surface area contributed by atoms with Crippen LogP contribution in [0.1, 0.15) is 125 Å². The first-order valence-electron chi connectivity index (χ1n) is 23.1. The molecule has 2 aromatic heterocycles. The van der Waals surface area contributed by atoms with Crippen LogP contribution in [-0.2, 0) is 49.5 Å². The number of hydrogen-bond donors (Lipinski definition) is 4. The van der Waals surface area contributed by atoms with Crippen molar-refractivity contribution < 1.29 is 28.7 Å². The maximum atomic E-state index is 13.9. The molecule has 2 aliphatic carbocycles. The minimum atomic E-state index is -0.684. The molecule has 4 unspecified atom stereocenters. The van der Waals surface area contributed by atoms with E-state index in [1.54, 1.807) is 0 Å². The monoisotopic (exact) mass is 860 g/mol. The number of ether oxygens (including phenoxy) is 2. The van der Waals surface area contributed by atoms with Gasteiger partial charge in [-0.15, -0.1) is 0 Å². The predicted molar refractivity (Wildman–Crippen MR) is 241 cm³/mol. The van der Waals surface area contributed by atoms with Crippen LogP contribution >= 0.6 is 0 Å². The van der Waals surface area contributed by atoms with E-state index in [1.165, 1.54) is 58.7 Å². The van der Waals surface area contributed by atoms with Crippen molar-refractivity contribution >= 4 is 23.8 Å². The summed E-state index contributed by atoms with van der Waals surface area (Å²) in [4.78, 5) is 73.1. The van der Waals surface area contributed by atoms with Crippen LogP contribution in [0, 0.1) is 11.8 Å². The zero-order valence-electron chi connectivity index (χ0n) is 37.8. The fraction of sp³-hybridized carbons (Fsp3) is 0.551. The topological polar surface area (TPSA) is 175 Å². The second-order valence-corrected chi connectivity index (χ2v) is 18.5. The number of hydrogen-bond acceptors (Lipinski definition) is 8. The van der Waals surface area contributed by atoms with Gasteiger partial charge < -0.3 is 39.9 Å². The first-order chi connectivity index (χ1) is 30.5. The summed E-state index contributed by atoms with van der Waals surface area (Å²) in [6, 6.07) is 7.43. The number of H-pyrrole nitrogens is 2. The van der Waals surface area contributed by atoms with E-state index in [9.17, 15) is 19.2 Å². The molecule has 4 aromatic rings. The minimum Gasteiger partial charge on any atom is -0.453 e. The third-order valence-electron chi connectivity index (χ3n) is 13.8. The van der Waals surface area contributed by atoms with Gasteiger partial charge in [0.1, 0.15) is 30.3 Å². The number of methoxy groups -OCH3 is 2. The highest BCUT2D eigenvalue weighted by Gasteiger charge is 2.39. The van der Waals surface area contributed by atoms with Gasteiger partial charge in [-0.25, -0.2) is 14.8 Å². The summed E-state index contributed by atoms with van der Waals surface area (Å²) in [6.45, 7) is 8.89. The van der Waals surface area contributed by atoms with E-state index in [4.69, 9.17) is 19.4 Å². The van der Waals surface area contributed by atoms with Gasteiger partial charge in [0.15, 0.2) is 0 Å². The summed E-state index contributed by atoms with van der Waals surface area (Å²) in [6.07, 6.45) is 15.1. The van der Waals surface area contributed by atoms with Gasteiger partial charge >= 0.3 is 6.09 Å². The van der Waals surface area contributed by atoms with Gasteiger partial charge in [0.05, 0.1) is 43.0 Å². The molecule has 4 amide bonds. The lowest BCUT2D eigenvalue weighted by Gasteiger charge is -2.30. The van der Waals surface area contributed by atoms with E-state index >= 15 is 0 Å². The van der Waals surface area contributed by atoms with Gasteiger partial charge in [0.2, 0.25) is 17.7 Å². The molecule has 4 aliphatic rings. The van der Waals surface area contributed by atoms with Crippen LogP contribution in [0.25, 0.3) is 33.6 Å². The van der Waals surface area contributed by atoms with Gasteiger partial charge in [0.25, 0.3) is 0 Å². The third kappa shape index (κ3) is 8.88. The molecular weight excluding hydrogens is 797 g/mol. The van der Waals surface area contributed by atoms with E-state index < -0.39 is 18.2 Å². The van der Waals surface area contributed by atoms with Crippen molar-refractivity contribution in [2.24, 2.45) is 11.8 Å². The standard InChI is InChI=1S/C49H64N8O6/c1-28(2)43(54-42(58)27-62-5)47(59)56-23-11-17-40(56)45-50-25-38(52-45)36-21-19-34(30-13-7-9-15-32(30)36)35-20-22-37(33-16-10-8-14-31(33)35)39-26-51-46(53-39)41-18-12-24-57(41)48(60)44(29(3)4)55-49(61)63-6/h19-22,25-26,28-29,40-41,43-44H,7-18,23-24,27H2,1-6H3,(H,50,52)(H,51,53)(H,54,58)(H,55,61). The Bertz CT molecular complexity index is 2330. The number of alkyl carbamates (subject to hydrolysis) is 1. The van der Waals surface area contributed by atoms with Crippen LogP contribution in [0.15, 0.2) is 36.7 Å². The molecule has 336 valence electrons.